The molecule has 0 aliphatic heterocycles. The van der Waals surface area contributed by atoms with Crippen LogP contribution in [-0.2, 0) is 18.0 Å². The number of hydrogen-bond acceptors (Lipinski definition) is 2. The van der Waals surface area contributed by atoms with Crippen LogP contribution in [0.25, 0.3) is 0 Å². The summed E-state index contributed by atoms with van der Waals surface area (Å²) in [4.78, 5) is 0. The minimum Gasteiger partial charge on any atom is -0.496 e. The van der Waals surface area contributed by atoms with Crippen molar-refractivity contribution >= 4 is 0 Å². The second-order valence-corrected chi connectivity index (χ2v) is 7.74. The van der Waals surface area contributed by atoms with Gasteiger partial charge in [0.15, 0.2) is 0 Å². The molecule has 2 nitrogen and oxygen atoms in total. The predicted molar refractivity (Wildman–Crippen MR) is 96.6 cm³/mol. The number of aliphatic hydroxyl groups is 1. The highest BCUT2D eigenvalue weighted by Gasteiger charge is 2.39. The lowest BCUT2D eigenvalue weighted by molar-refractivity contribution is -0.137. The van der Waals surface area contributed by atoms with Crippen molar-refractivity contribution in [2.24, 2.45) is 0 Å². The molecular formula is C21H22F6O2. The molecule has 0 aliphatic carbocycles. The molecule has 1 N–H and O–H groups in total. The third-order valence-electron chi connectivity index (χ3n) is 4.80. The highest BCUT2D eigenvalue weighted by Crippen LogP contribution is 2.40. The fourth-order valence-corrected chi connectivity index (χ4v) is 3.52. The van der Waals surface area contributed by atoms with E-state index in [9.17, 15) is 31.4 Å². The summed E-state index contributed by atoms with van der Waals surface area (Å²) in [6.45, 7) is 1.88. The first kappa shape index (κ1) is 23.1. The number of benzene rings is 2. The molecule has 1 atom stereocenters. The number of halogens is 6. The standard InChI is InChI=1S/C21H22F6O2/c1-19(2,16-9-15(23)5-7-18(16)29-3)11-20(28,12-22)10-13-8-14(21(25,26)27)4-6-17(13)24/h4-9,28H,10-12H2,1-3H3. The Labute approximate surface area is 165 Å². The molecule has 2 rings (SSSR count). The van der Waals surface area contributed by atoms with Crippen molar-refractivity contribution in [1.82, 2.24) is 0 Å². The van der Waals surface area contributed by atoms with E-state index in [1.807, 2.05) is 0 Å². The Kier molecular flexibility index (Phi) is 6.57. The average Bonchev–Trinajstić information content (AvgIpc) is 2.62. The van der Waals surface area contributed by atoms with Gasteiger partial charge in [-0.3, -0.25) is 0 Å². The van der Waals surface area contributed by atoms with Gasteiger partial charge in [0.2, 0.25) is 0 Å². The van der Waals surface area contributed by atoms with Crippen LogP contribution in [0.1, 0.15) is 37.0 Å². The van der Waals surface area contributed by atoms with Crippen LogP contribution in [0.3, 0.4) is 0 Å². The molecule has 29 heavy (non-hydrogen) atoms. The maximum atomic E-state index is 14.1. The van der Waals surface area contributed by atoms with Crippen molar-refractivity contribution in [2.75, 3.05) is 13.8 Å². The minimum atomic E-state index is -4.70. The van der Waals surface area contributed by atoms with Crippen molar-refractivity contribution in [2.45, 2.75) is 43.9 Å². The minimum absolute atomic E-state index is 0.308. The zero-order chi connectivity index (χ0) is 22.0. The zero-order valence-electron chi connectivity index (χ0n) is 16.2. The van der Waals surface area contributed by atoms with Crippen LogP contribution in [0, 0.1) is 11.6 Å². The summed E-state index contributed by atoms with van der Waals surface area (Å²) in [7, 11) is 1.37. The summed E-state index contributed by atoms with van der Waals surface area (Å²) in [5.41, 5.74) is -4.42. The molecule has 0 spiro atoms. The second-order valence-electron chi connectivity index (χ2n) is 7.74. The van der Waals surface area contributed by atoms with Crippen LogP contribution >= 0.6 is 0 Å². The Morgan fingerprint density at radius 2 is 1.66 bits per heavy atom. The van der Waals surface area contributed by atoms with Crippen molar-refractivity contribution in [3.8, 4) is 5.75 Å². The first-order chi connectivity index (χ1) is 13.3. The molecule has 160 valence electrons. The highest BCUT2D eigenvalue weighted by atomic mass is 19.4. The Morgan fingerprint density at radius 1 is 1.00 bits per heavy atom. The number of hydrogen-bond donors (Lipinski definition) is 1. The van der Waals surface area contributed by atoms with Gasteiger partial charge in [-0.1, -0.05) is 13.8 Å². The van der Waals surface area contributed by atoms with Gasteiger partial charge in [-0.2, -0.15) is 13.2 Å². The zero-order valence-corrected chi connectivity index (χ0v) is 16.2. The SMILES string of the molecule is COc1ccc(F)cc1C(C)(C)CC(O)(CF)Cc1cc(C(F)(F)F)ccc1F. The predicted octanol–water partition coefficient (Wildman–Crippen LogP) is 5.60. The van der Waals surface area contributed by atoms with Crippen LogP contribution < -0.4 is 4.74 Å². The van der Waals surface area contributed by atoms with E-state index in [0.717, 1.165) is 0 Å². The smallest absolute Gasteiger partial charge is 0.416 e. The monoisotopic (exact) mass is 420 g/mol. The number of alkyl halides is 4. The topological polar surface area (TPSA) is 29.5 Å². The van der Waals surface area contributed by atoms with Gasteiger partial charge >= 0.3 is 6.18 Å². The lowest BCUT2D eigenvalue weighted by Gasteiger charge is -2.36. The van der Waals surface area contributed by atoms with Crippen LogP contribution in [-0.4, -0.2) is 24.5 Å². The van der Waals surface area contributed by atoms with Gasteiger partial charge in [0, 0.05) is 12.0 Å². The molecule has 0 amide bonds. The maximum Gasteiger partial charge on any atom is 0.416 e. The molecule has 0 aromatic heterocycles. The van der Waals surface area contributed by atoms with Crippen molar-refractivity contribution in [3.05, 3.63) is 64.7 Å². The summed E-state index contributed by atoms with van der Waals surface area (Å²) >= 11 is 0. The molecule has 0 radical (unpaired) electrons. The van der Waals surface area contributed by atoms with E-state index >= 15 is 0 Å². The van der Waals surface area contributed by atoms with Crippen LogP contribution in [0.5, 0.6) is 5.75 Å². The van der Waals surface area contributed by atoms with E-state index in [2.05, 4.69) is 0 Å². The molecule has 8 heteroatoms. The summed E-state index contributed by atoms with van der Waals surface area (Å²) in [6, 6.07) is 5.52. The van der Waals surface area contributed by atoms with Gasteiger partial charge < -0.3 is 9.84 Å². The van der Waals surface area contributed by atoms with Crippen molar-refractivity contribution < 1.29 is 36.2 Å². The number of rotatable bonds is 7. The largest absolute Gasteiger partial charge is 0.496 e. The van der Waals surface area contributed by atoms with E-state index in [0.29, 0.717) is 29.5 Å². The van der Waals surface area contributed by atoms with E-state index in [1.54, 1.807) is 13.8 Å². The van der Waals surface area contributed by atoms with E-state index in [1.165, 1.54) is 25.3 Å². The van der Waals surface area contributed by atoms with Gasteiger partial charge in [-0.25, -0.2) is 13.2 Å². The van der Waals surface area contributed by atoms with Crippen LogP contribution in [0.2, 0.25) is 0 Å². The summed E-state index contributed by atoms with van der Waals surface area (Å²) in [5, 5.41) is 10.8. The normalized spacial score (nSPS) is 14.6. The molecule has 0 heterocycles. The van der Waals surface area contributed by atoms with Crippen molar-refractivity contribution in [3.63, 3.8) is 0 Å². The molecule has 0 saturated heterocycles. The van der Waals surface area contributed by atoms with Gasteiger partial charge in [0.05, 0.1) is 18.3 Å². The van der Waals surface area contributed by atoms with Gasteiger partial charge in [-0.05, 0) is 53.8 Å². The second kappa shape index (κ2) is 8.26. The molecule has 0 aliphatic rings. The maximum absolute atomic E-state index is 14.1. The fraction of sp³-hybridized carbons (Fsp3) is 0.429. The Bertz CT molecular complexity index is 863. The Balaban J connectivity index is 2.39. The quantitative estimate of drug-likeness (QED) is 0.591. The van der Waals surface area contributed by atoms with E-state index < -0.39 is 53.0 Å². The van der Waals surface area contributed by atoms with E-state index in [4.69, 9.17) is 4.74 Å². The molecule has 2 aromatic rings. The Hall–Kier alpha value is -2.22. The number of ether oxygens (including phenoxy) is 1. The third kappa shape index (κ3) is 5.44. The lowest BCUT2D eigenvalue weighted by atomic mass is 9.73. The fourth-order valence-electron chi connectivity index (χ4n) is 3.52. The molecule has 1 unspecified atom stereocenters. The van der Waals surface area contributed by atoms with Gasteiger partial charge in [0.1, 0.15) is 24.1 Å². The molecular weight excluding hydrogens is 398 g/mol. The molecule has 0 fully saturated rings. The lowest BCUT2D eigenvalue weighted by Crippen LogP contribution is -2.41. The summed E-state index contributed by atoms with van der Waals surface area (Å²) in [5.74, 6) is -1.24. The Morgan fingerprint density at radius 3 is 2.21 bits per heavy atom. The molecule has 0 saturated carbocycles. The molecule has 0 bridgehead atoms. The first-order valence-electron chi connectivity index (χ1n) is 8.79. The molecule has 2 aromatic carbocycles. The first-order valence-corrected chi connectivity index (χ1v) is 8.79. The van der Waals surface area contributed by atoms with Crippen molar-refractivity contribution in [1.29, 1.82) is 0 Å². The average molecular weight is 420 g/mol. The number of methoxy groups -OCH3 is 1. The van der Waals surface area contributed by atoms with E-state index in [-0.39, 0.29) is 6.42 Å². The highest BCUT2D eigenvalue weighted by molar-refractivity contribution is 5.40. The van der Waals surface area contributed by atoms with Gasteiger partial charge in [0.25, 0.3) is 0 Å². The summed E-state index contributed by atoms with van der Waals surface area (Å²) in [6.07, 6.45) is -5.70. The summed E-state index contributed by atoms with van der Waals surface area (Å²) < 4.78 is 85.6. The van der Waals surface area contributed by atoms with Gasteiger partial charge in [-0.15, -0.1) is 0 Å². The van der Waals surface area contributed by atoms with Crippen LogP contribution in [0.15, 0.2) is 36.4 Å². The van der Waals surface area contributed by atoms with Crippen LogP contribution in [0.4, 0.5) is 26.3 Å². The third-order valence-corrected chi connectivity index (χ3v) is 4.80.